The molecule has 0 bridgehead atoms. The molecule has 2 heteroatoms. The highest BCUT2D eigenvalue weighted by molar-refractivity contribution is 5.25. The lowest BCUT2D eigenvalue weighted by molar-refractivity contribution is 0.244. The molecule has 0 heterocycles. The molecule has 0 atom stereocenters. The summed E-state index contributed by atoms with van der Waals surface area (Å²) in [6.45, 7) is 11.8. The molecule has 0 unspecified atom stereocenters. The van der Waals surface area contributed by atoms with Crippen molar-refractivity contribution in [3.8, 4) is 6.07 Å². The maximum Gasteiger partial charge on any atom is 0.113 e. The first-order valence-corrected chi connectivity index (χ1v) is 4.10. The standard InChI is InChI=1S/C8H11NO.C2H6/c1-4-10-8(3)5-7(2)6-9;1-2/h5H,3-4H2,1-2H3;1-2H3/b7-5+;. The van der Waals surface area contributed by atoms with Crippen LogP contribution in [0.5, 0.6) is 0 Å². The first kappa shape index (κ1) is 13.4. The van der Waals surface area contributed by atoms with E-state index in [9.17, 15) is 0 Å². The van der Waals surface area contributed by atoms with Crippen LogP contribution in [-0.2, 0) is 4.74 Å². The Morgan fingerprint density at radius 3 is 2.42 bits per heavy atom. The van der Waals surface area contributed by atoms with Crippen LogP contribution in [0.2, 0.25) is 0 Å². The maximum atomic E-state index is 8.34. The second-order valence-corrected chi connectivity index (χ2v) is 1.84. The van der Waals surface area contributed by atoms with Gasteiger partial charge in [-0.2, -0.15) is 5.26 Å². The van der Waals surface area contributed by atoms with E-state index in [1.165, 1.54) is 0 Å². The fourth-order valence-electron chi connectivity index (χ4n) is 0.501. The van der Waals surface area contributed by atoms with E-state index < -0.39 is 0 Å². The van der Waals surface area contributed by atoms with Crippen molar-refractivity contribution in [2.75, 3.05) is 6.61 Å². The number of nitrogens with zero attached hydrogens (tertiary/aromatic N) is 1. The predicted octanol–water partition coefficient (Wildman–Crippen LogP) is 3.03. The lowest BCUT2D eigenvalue weighted by Crippen LogP contribution is -1.86. The summed E-state index contributed by atoms with van der Waals surface area (Å²) in [6.07, 6.45) is 1.61. The number of ether oxygens (including phenoxy) is 1. The van der Waals surface area contributed by atoms with Crippen molar-refractivity contribution in [1.29, 1.82) is 5.26 Å². The van der Waals surface area contributed by atoms with E-state index >= 15 is 0 Å². The van der Waals surface area contributed by atoms with Crippen LogP contribution >= 0.6 is 0 Å². The lowest BCUT2D eigenvalue weighted by Gasteiger charge is -1.99. The number of nitriles is 1. The van der Waals surface area contributed by atoms with Gasteiger partial charge in [-0.25, -0.2) is 0 Å². The van der Waals surface area contributed by atoms with Crippen LogP contribution < -0.4 is 0 Å². The minimum atomic E-state index is 0.543. The van der Waals surface area contributed by atoms with Gasteiger partial charge in [0, 0.05) is 5.57 Å². The smallest absolute Gasteiger partial charge is 0.113 e. The molecule has 0 aromatic rings. The van der Waals surface area contributed by atoms with Crippen molar-refractivity contribution in [3.05, 3.63) is 24.0 Å². The summed E-state index contributed by atoms with van der Waals surface area (Å²) in [5, 5.41) is 8.34. The molecule has 0 saturated heterocycles. The molecule has 2 nitrogen and oxygen atoms in total. The molecule has 0 aliphatic carbocycles. The van der Waals surface area contributed by atoms with Crippen molar-refractivity contribution in [2.45, 2.75) is 27.7 Å². The Hall–Kier alpha value is -1.23. The Bertz CT molecular complexity index is 187. The molecule has 0 aromatic heterocycles. The third kappa shape index (κ3) is 8.77. The largest absolute Gasteiger partial charge is 0.494 e. The average molecular weight is 167 g/mol. The molecule has 12 heavy (non-hydrogen) atoms. The molecule has 0 saturated carbocycles. The van der Waals surface area contributed by atoms with E-state index in [1.807, 2.05) is 26.8 Å². The third-order valence-corrected chi connectivity index (χ3v) is 0.884. The van der Waals surface area contributed by atoms with E-state index in [0.29, 0.717) is 17.9 Å². The van der Waals surface area contributed by atoms with Gasteiger partial charge in [-0.1, -0.05) is 20.4 Å². The minimum absolute atomic E-state index is 0.543. The molecule has 0 N–H and O–H groups in total. The maximum absolute atomic E-state index is 8.34. The minimum Gasteiger partial charge on any atom is -0.494 e. The Kier molecular flexibility index (Phi) is 10.9. The number of hydrogen-bond donors (Lipinski definition) is 0. The van der Waals surface area contributed by atoms with Gasteiger partial charge in [0.25, 0.3) is 0 Å². The quantitative estimate of drug-likeness (QED) is 0.367. The van der Waals surface area contributed by atoms with E-state index in [1.54, 1.807) is 13.0 Å². The van der Waals surface area contributed by atoms with Gasteiger partial charge in [-0.15, -0.1) is 0 Å². The first-order chi connectivity index (χ1) is 5.70. The summed E-state index contributed by atoms with van der Waals surface area (Å²) in [5.41, 5.74) is 0.610. The second kappa shape index (κ2) is 9.77. The molecular formula is C10H17NO. The predicted molar refractivity (Wildman–Crippen MR) is 51.5 cm³/mol. The Morgan fingerprint density at radius 2 is 2.08 bits per heavy atom. The fraction of sp³-hybridized carbons (Fsp3) is 0.500. The Balaban J connectivity index is 0. The summed E-state index contributed by atoms with van der Waals surface area (Å²) in [7, 11) is 0. The molecule has 0 aliphatic rings. The van der Waals surface area contributed by atoms with Gasteiger partial charge < -0.3 is 4.74 Å². The van der Waals surface area contributed by atoms with Gasteiger partial charge in [0.15, 0.2) is 0 Å². The van der Waals surface area contributed by atoms with Gasteiger partial charge in [0.1, 0.15) is 5.76 Å². The zero-order valence-electron chi connectivity index (χ0n) is 8.35. The van der Waals surface area contributed by atoms with Crippen LogP contribution in [0.25, 0.3) is 0 Å². The summed E-state index contributed by atoms with van der Waals surface area (Å²) in [6, 6.07) is 1.97. The van der Waals surface area contributed by atoms with E-state index in [4.69, 9.17) is 10.00 Å². The van der Waals surface area contributed by atoms with Crippen molar-refractivity contribution < 1.29 is 4.74 Å². The zero-order chi connectivity index (χ0) is 9.98. The topological polar surface area (TPSA) is 33.0 Å². The van der Waals surface area contributed by atoms with Crippen molar-refractivity contribution in [1.82, 2.24) is 0 Å². The molecular weight excluding hydrogens is 150 g/mol. The molecule has 0 aromatic carbocycles. The van der Waals surface area contributed by atoms with Crippen molar-refractivity contribution >= 4 is 0 Å². The van der Waals surface area contributed by atoms with Gasteiger partial charge >= 0.3 is 0 Å². The van der Waals surface area contributed by atoms with E-state index in [0.717, 1.165) is 0 Å². The molecule has 0 rings (SSSR count). The van der Waals surface area contributed by atoms with Gasteiger partial charge in [0.2, 0.25) is 0 Å². The van der Waals surface area contributed by atoms with E-state index in [2.05, 4.69) is 6.58 Å². The summed E-state index contributed by atoms with van der Waals surface area (Å²) < 4.78 is 4.99. The molecule has 0 radical (unpaired) electrons. The Labute approximate surface area is 75.2 Å². The fourth-order valence-corrected chi connectivity index (χ4v) is 0.501. The second-order valence-electron chi connectivity index (χ2n) is 1.84. The van der Waals surface area contributed by atoms with Gasteiger partial charge in [0.05, 0.1) is 12.7 Å². The van der Waals surface area contributed by atoms with E-state index in [-0.39, 0.29) is 0 Å². The lowest BCUT2D eigenvalue weighted by atomic mass is 10.3. The summed E-state index contributed by atoms with van der Waals surface area (Å²) >= 11 is 0. The molecule has 0 spiro atoms. The number of allylic oxidation sites excluding steroid dienone is 2. The average Bonchev–Trinajstić information content (AvgIpc) is 2.08. The molecule has 0 fully saturated rings. The van der Waals surface area contributed by atoms with Crippen LogP contribution in [0.15, 0.2) is 24.0 Å². The highest BCUT2D eigenvalue weighted by Crippen LogP contribution is 1.99. The van der Waals surface area contributed by atoms with Crippen molar-refractivity contribution in [3.63, 3.8) is 0 Å². The molecule has 0 aliphatic heterocycles. The molecule has 68 valence electrons. The van der Waals surface area contributed by atoms with Crippen LogP contribution in [0.4, 0.5) is 0 Å². The third-order valence-electron chi connectivity index (χ3n) is 0.884. The zero-order valence-corrected chi connectivity index (χ0v) is 8.35. The van der Waals surface area contributed by atoms with Crippen LogP contribution in [0, 0.1) is 11.3 Å². The highest BCUT2D eigenvalue weighted by Gasteiger charge is 1.88. The van der Waals surface area contributed by atoms with Crippen LogP contribution in [0.3, 0.4) is 0 Å². The number of hydrogen-bond acceptors (Lipinski definition) is 2. The highest BCUT2D eigenvalue weighted by atomic mass is 16.5. The Morgan fingerprint density at radius 1 is 1.58 bits per heavy atom. The first-order valence-electron chi connectivity index (χ1n) is 4.10. The van der Waals surface area contributed by atoms with Crippen LogP contribution in [0.1, 0.15) is 27.7 Å². The van der Waals surface area contributed by atoms with Crippen molar-refractivity contribution in [2.24, 2.45) is 0 Å². The number of rotatable bonds is 3. The SMILES string of the molecule is C=C(/C=C(\C)C#N)OCC.CC. The summed E-state index contributed by atoms with van der Waals surface area (Å²) in [4.78, 5) is 0. The summed E-state index contributed by atoms with van der Waals surface area (Å²) in [5.74, 6) is 0.543. The van der Waals surface area contributed by atoms with Crippen LogP contribution in [-0.4, -0.2) is 6.61 Å². The van der Waals surface area contributed by atoms with Gasteiger partial charge in [-0.05, 0) is 19.9 Å². The molecule has 0 amide bonds. The normalized spacial score (nSPS) is 9.08. The van der Waals surface area contributed by atoms with Gasteiger partial charge in [-0.3, -0.25) is 0 Å². The monoisotopic (exact) mass is 167 g/mol.